The van der Waals surface area contributed by atoms with E-state index in [1.165, 1.54) is 0 Å². The molecule has 0 unspecified atom stereocenters. The van der Waals surface area contributed by atoms with Gasteiger partial charge in [0.05, 0.1) is 0 Å². The minimum atomic E-state index is -2.51. The highest BCUT2D eigenvalue weighted by molar-refractivity contribution is 5.76. The first kappa shape index (κ1) is 14.7. The predicted molar refractivity (Wildman–Crippen MR) is 70.2 cm³/mol. The van der Waals surface area contributed by atoms with Crippen LogP contribution >= 0.6 is 0 Å². The SMILES string of the molecule is C[C@@H]1NCCC[C@@H]1NC(=O)CC1CCC(F)(F)CC1. The van der Waals surface area contributed by atoms with E-state index in [-0.39, 0.29) is 30.7 Å². The molecule has 5 heteroatoms. The molecule has 2 fully saturated rings. The highest BCUT2D eigenvalue weighted by Gasteiger charge is 2.35. The fourth-order valence-corrected chi connectivity index (χ4v) is 3.07. The van der Waals surface area contributed by atoms with Crippen LogP contribution < -0.4 is 10.6 Å². The second-order valence-corrected chi connectivity index (χ2v) is 6.06. The van der Waals surface area contributed by atoms with Gasteiger partial charge < -0.3 is 10.6 Å². The lowest BCUT2D eigenvalue weighted by molar-refractivity contribution is -0.124. The van der Waals surface area contributed by atoms with Gasteiger partial charge in [0.1, 0.15) is 0 Å². The highest BCUT2D eigenvalue weighted by Crippen LogP contribution is 2.37. The molecule has 19 heavy (non-hydrogen) atoms. The smallest absolute Gasteiger partial charge is 0.248 e. The maximum atomic E-state index is 13.0. The number of nitrogens with one attached hydrogen (secondary N) is 2. The van der Waals surface area contributed by atoms with E-state index >= 15 is 0 Å². The monoisotopic (exact) mass is 274 g/mol. The topological polar surface area (TPSA) is 41.1 Å². The molecule has 1 heterocycles. The number of piperidine rings is 1. The van der Waals surface area contributed by atoms with Gasteiger partial charge in [-0.15, -0.1) is 0 Å². The summed E-state index contributed by atoms with van der Waals surface area (Å²) >= 11 is 0. The van der Waals surface area contributed by atoms with Crippen LogP contribution in [0.25, 0.3) is 0 Å². The molecule has 2 aliphatic rings. The van der Waals surface area contributed by atoms with Crippen LogP contribution in [0.3, 0.4) is 0 Å². The van der Waals surface area contributed by atoms with Crippen molar-refractivity contribution in [2.24, 2.45) is 5.92 Å². The van der Waals surface area contributed by atoms with Crippen molar-refractivity contribution in [1.29, 1.82) is 0 Å². The van der Waals surface area contributed by atoms with Gasteiger partial charge in [0.25, 0.3) is 0 Å². The Kier molecular flexibility index (Phi) is 4.76. The molecule has 2 N–H and O–H groups in total. The van der Waals surface area contributed by atoms with Gasteiger partial charge in [-0.05, 0) is 45.1 Å². The highest BCUT2D eigenvalue weighted by atomic mass is 19.3. The Labute approximate surface area is 113 Å². The van der Waals surface area contributed by atoms with E-state index in [1.54, 1.807) is 0 Å². The molecule has 3 nitrogen and oxygen atoms in total. The van der Waals surface area contributed by atoms with Crippen molar-refractivity contribution in [3.05, 3.63) is 0 Å². The molecule has 2 rings (SSSR count). The quantitative estimate of drug-likeness (QED) is 0.830. The van der Waals surface area contributed by atoms with E-state index in [4.69, 9.17) is 0 Å². The number of carbonyl (C=O) groups is 1. The van der Waals surface area contributed by atoms with Crippen LogP contribution in [0.4, 0.5) is 8.78 Å². The molecule has 0 aromatic rings. The third-order valence-electron chi connectivity index (χ3n) is 4.42. The standard InChI is InChI=1S/C14H24F2N2O/c1-10-12(3-2-8-17-10)18-13(19)9-11-4-6-14(15,16)7-5-11/h10-12,17H,2-9H2,1H3,(H,18,19)/t10-,12-/m0/s1. The summed E-state index contributed by atoms with van der Waals surface area (Å²) in [6.07, 6.45) is 3.29. The van der Waals surface area contributed by atoms with Gasteiger partial charge in [-0.2, -0.15) is 0 Å². The molecule has 2 atom stereocenters. The number of amides is 1. The van der Waals surface area contributed by atoms with Crippen LogP contribution in [-0.2, 0) is 4.79 Å². The van der Waals surface area contributed by atoms with Gasteiger partial charge in [0, 0.05) is 31.3 Å². The molecule has 1 amide bonds. The van der Waals surface area contributed by atoms with Gasteiger partial charge in [0.2, 0.25) is 11.8 Å². The van der Waals surface area contributed by atoms with Crippen molar-refractivity contribution < 1.29 is 13.6 Å². The third-order valence-corrected chi connectivity index (χ3v) is 4.42. The van der Waals surface area contributed by atoms with E-state index in [2.05, 4.69) is 17.6 Å². The zero-order chi connectivity index (χ0) is 13.9. The Bertz CT molecular complexity index is 313. The van der Waals surface area contributed by atoms with Crippen molar-refractivity contribution in [3.8, 4) is 0 Å². The Hall–Kier alpha value is -0.710. The van der Waals surface area contributed by atoms with Gasteiger partial charge in [-0.3, -0.25) is 4.79 Å². The number of hydrogen-bond acceptors (Lipinski definition) is 2. The average molecular weight is 274 g/mol. The van der Waals surface area contributed by atoms with Crippen LogP contribution in [-0.4, -0.2) is 30.5 Å². The molecular formula is C14H24F2N2O. The Morgan fingerprint density at radius 3 is 2.63 bits per heavy atom. The lowest BCUT2D eigenvalue weighted by Crippen LogP contribution is -2.52. The molecule has 110 valence electrons. The predicted octanol–water partition coefficient (Wildman–Crippen LogP) is 2.46. The lowest BCUT2D eigenvalue weighted by Gasteiger charge is -2.32. The molecule has 1 saturated heterocycles. The summed E-state index contributed by atoms with van der Waals surface area (Å²) in [4.78, 5) is 12.0. The Morgan fingerprint density at radius 2 is 2.00 bits per heavy atom. The fourth-order valence-electron chi connectivity index (χ4n) is 3.07. The average Bonchev–Trinajstić information content (AvgIpc) is 2.35. The zero-order valence-electron chi connectivity index (χ0n) is 11.6. The minimum Gasteiger partial charge on any atom is -0.352 e. The Balaban J connectivity index is 1.72. The minimum absolute atomic E-state index is 0.0239. The number of rotatable bonds is 3. The number of halogens is 2. The molecular weight excluding hydrogens is 250 g/mol. The normalized spacial score (nSPS) is 31.9. The van der Waals surface area contributed by atoms with Crippen LogP contribution in [0.1, 0.15) is 51.9 Å². The number of alkyl halides is 2. The second kappa shape index (κ2) is 6.16. The second-order valence-electron chi connectivity index (χ2n) is 6.06. The first-order chi connectivity index (χ1) is 8.96. The molecule has 0 bridgehead atoms. The van der Waals surface area contributed by atoms with Gasteiger partial charge in [-0.25, -0.2) is 8.78 Å². The van der Waals surface area contributed by atoms with Crippen molar-refractivity contribution in [1.82, 2.24) is 10.6 Å². The summed E-state index contributed by atoms with van der Waals surface area (Å²) in [5.41, 5.74) is 0. The molecule has 0 spiro atoms. The fraction of sp³-hybridized carbons (Fsp3) is 0.929. The molecule has 0 aromatic carbocycles. The van der Waals surface area contributed by atoms with Gasteiger partial charge in [0.15, 0.2) is 0 Å². The maximum absolute atomic E-state index is 13.0. The molecule has 1 aliphatic heterocycles. The summed E-state index contributed by atoms with van der Waals surface area (Å²) in [6.45, 7) is 3.08. The van der Waals surface area contributed by atoms with Crippen molar-refractivity contribution in [3.63, 3.8) is 0 Å². The summed E-state index contributed by atoms with van der Waals surface area (Å²) in [6, 6.07) is 0.486. The van der Waals surface area contributed by atoms with Crippen LogP contribution in [0.2, 0.25) is 0 Å². The van der Waals surface area contributed by atoms with Crippen LogP contribution in [0.15, 0.2) is 0 Å². The number of hydrogen-bond donors (Lipinski definition) is 2. The molecule has 0 aromatic heterocycles. The van der Waals surface area contributed by atoms with Gasteiger partial charge >= 0.3 is 0 Å². The summed E-state index contributed by atoms with van der Waals surface area (Å²) in [5.74, 6) is -2.35. The van der Waals surface area contributed by atoms with Crippen molar-refractivity contribution in [2.45, 2.75) is 69.9 Å². The first-order valence-electron chi connectivity index (χ1n) is 7.37. The number of carbonyl (C=O) groups excluding carboxylic acids is 1. The maximum Gasteiger partial charge on any atom is 0.248 e. The van der Waals surface area contributed by atoms with Crippen LogP contribution in [0, 0.1) is 5.92 Å². The zero-order valence-corrected chi connectivity index (χ0v) is 11.6. The lowest BCUT2D eigenvalue weighted by atomic mass is 9.84. The van der Waals surface area contributed by atoms with E-state index in [9.17, 15) is 13.6 Å². The molecule has 1 saturated carbocycles. The summed E-state index contributed by atoms with van der Waals surface area (Å²) < 4.78 is 26.1. The largest absolute Gasteiger partial charge is 0.352 e. The molecule has 1 aliphatic carbocycles. The van der Waals surface area contributed by atoms with E-state index < -0.39 is 5.92 Å². The van der Waals surface area contributed by atoms with E-state index in [1.807, 2.05) is 0 Å². The third kappa shape index (κ3) is 4.41. The summed E-state index contributed by atoms with van der Waals surface area (Å²) in [5, 5.41) is 6.39. The first-order valence-corrected chi connectivity index (χ1v) is 7.37. The summed E-state index contributed by atoms with van der Waals surface area (Å²) in [7, 11) is 0. The van der Waals surface area contributed by atoms with Crippen molar-refractivity contribution in [2.75, 3.05) is 6.54 Å². The van der Waals surface area contributed by atoms with Gasteiger partial charge in [-0.1, -0.05) is 0 Å². The molecule has 0 radical (unpaired) electrons. The van der Waals surface area contributed by atoms with E-state index in [0.717, 1.165) is 19.4 Å². The van der Waals surface area contributed by atoms with Crippen LogP contribution in [0.5, 0.6) is 0 Å². The van der Waals surface area contributed by atoms with Crippen molar-refractivity contribution >= 4 is 5.91 Å². The van der Waals surface area contributed by atoms with E-state index in [0.29, 0.717) is 25.3 Å². The Morgan fingerprint density at radius 1 is 1.32 bits per heavy atom.